The van der Waals surface area contributed by atoms with Crippen LogP contribution in [0.3, 0.4) is 0 Å². The standard InChI is InChI=1S/C19H30N2O2/c22-18(21-13-15-6-2-3-7-16(15)14-21)20-17-8-11-23-19(12-17)9-4-1-5-10-19/h2-3,15-17H,1,4-14H2,(H,20,22)/t15-,16+,17-/m0/s1. The van der Waals surface area contributed by atoms with Crippen molar-refractivity contribution in [2.75, 3.05) is 19.7 Å². The van der Waals surface area contributed by atoms with Crippen LogP contribution in [0, 0.1) is 11.8 Å². The number of fused-ring (bicyclic) bond motifs is 1. The van der Waals surface area contributed by atoms with Crippen LogP contribution >= 0.6 is 0 Å². The number of allylic oxidation sites excluding steroid dienone is 2. The van der Waals surface area contributed by atoms with Crippen molar-refractivity contribution < 1.29 is 9.53 Å². The summed E-state index contributed by atoms with van der Waals surface area (Å²) >= 11 is 0. The smallest absolute Gasteiger partial charge is 0.317 e. The molecule has 0 aromatic heterocycles. The summed E-state index contributed by atoms with van der Waals surface area (Å²) < 4.78 is 6.15. The molecule has 0 aromatic rings. The fraction of sp³-hybridized carbons (Fsp3) is 0.842. The molecule has 2 heterocycles. The van der Waals surface area contributed by atoms with Crippen LogP contribution in [-0.4, -0.2) is 42.3 Å². The Morgan fingerprint density at radius 1 is 1.09 bits per heavy atom. The van der Waals surface area contributed by atoms with Crippen molar-refractivity contribution in [3.05, 3.63) is 12.2 Å². The van der Waals surface area contributed by atoms with Crippen LogP contribution in [0.25, 0.3) is 0 Å². The molecule has 3 atom stereocenters. The summed E-state index contributed by atoms with van der Waals surface area (Å²) in [4.78, 5) is 14.7. The van der Waals surface area contributed by atoms with Crippen molar-refractivity contribution in [2.45, 2.75) is 69.4 Å². The molecule has 1 spiro atoms. The Labute approximate surface area is 139 Å². The monoisotopic (exact) mass is 318 g/mol. The molecule has 4 nitrogen and oxygen atoms in total. The van der Waals surface area contributed by atoms with Gasteiger partial charge in [-0.25, -0.2) is 4.79 Å². The van der Waals surface area contributed by atoms with Gasteiger partial charge >= 0.3 is 6.03 Å². The first kappa shape index (κ1) is 15.5. The van der Waals surface area contributed by atoms with Crippen molar-refractivity contribution in [1.29, 1.82) is 0 Å². The number of nitrogens with zero attached hydrogens (tertiary/aromatic N) is 1. The summed E-state index contributed by atoms with van der Waals surface area (Å²) in [6.45, 7) is 2.69. The van der Waals surface area contributed by atoms with E-state index >= 15 is 0 Å². The van der Waals surface area contributed by atoms with Crippen molar-refractivity contribution in [3.8, 4) is 0 Å². The van der Waals surface area contributed by atoms with Crippen molar-refractivity contribution in [2.24, 2.45) is 11.8 Å². The van der Waals surface area contributed by atoms with Crippen LogP contribution in [0.1, 0.15) is 57.8 Å². The van der Waals surface area contributed by atoms with Crippen LogP contribution in [-0.2, 0) is 4.74 Å². The molecule has 23 heavy (non-hydrogen) atoms. The average molecular weight is 318 g/mol. The van der Waals surface area contributed by atoms with E-state index in [4.69, 9.17) is 4.74 Å². The lowest BCUT2D eigenvalue weighted by Crippen LogP contribution is -2.52. The van der Waals surface area contributed by atoms with Gasteiger partial charge in [-0.2, -0.15) is 0 Å². The van der Waals surface area contributed by atoms with Crippen molar-refractivity contribution >= 4 is 6.03 Å². The fourth-order valence-electron chi connectivity index (χ4n) is 5.14. The van der Waals surface area contributed by atoms with Crippen molar-refractivity contribution in [1.82, 2.24) is 10.2 Å². The van der Waals surface area contributed by atoms with E-state index in [-0.39, 0.29) is 11.6 Å². The lowest BCUT2D eigenvalue weighted by atomic mass is 9.78. The van der Waals surface area contributed by atoms with Gasteiger partial charge in [-0.1, -0.05) is 31.4 Å². The molecule has 2 amide bonds. The quantitative estimate of drug-likeness (QED) is 0.752. The number of likely N-dealkylation sites (tertiary alicyclic amines) is 1. The maximum absolute atomic E-state index is 12.7. The maximum atomic E-state index is 12.7. The summed E-state index contributed by atoms with van der Waals surface area (Å²) in [6, 6.07) is 0.465. The molecule has 2 aliphatic carbocycles. The number of urea groups is 1. The first-order valence-corrected chi connectivity index (χ1v) is 9.58. The zero-order chi connectivity index (χ0) is 15.7. The molecular formula is C19H30N2O2. The molecule has 4 rings (SSSR count). The van der Waals surface area contributed by atoms with Gasteiger partial charge in [-0.3, -0.25) is 0 Å². The zero-order valence-electron chi connectivity index (χ0n) is 14.1. The third-order valence-electron chi connectivity index (χ3n) is 6.49. The Kier molecular flexibility index (Phi) is 4.35. The minimum atomic E-state index is 0.0668. The van der Waals surface area contributed by atoms with Crippen LogP contribution in [0.5, 0.6) is 0 Å². The van der Waals surface area contributed by atoms with Gasteiger partial charge in [0.1, 0.15) is 0 Å². The van der Waals surface area contributed by atoms with E-state index < -0.39 is 0 Å². The van der Waals surface area contributed by atoms with Crippen LogP contribution in [0.15, 0.2) is 12.2 Å². The minimum Gasteiger partial charge on any atom is -0.375 e. The molecule has 0 radical (unpaired) electrons. The van der Waals surface area contributed by atoms with E-state index in [0.29, 0.717) is 17.9 Å². The van der Waals surface area contributed by atoms with Gasteiger partial charge in [-0.15, -0.1) is 0 Å². The van der Waals surface area contributed by atoms with Crippen LogP contribution in [0.4, 0.5) is 4.79 Å². The van der Waals surface area contributed by atoms with Gasteiger partial charge in [0, 0.05) is 25.7 Å². The molecule has 0 aromatic carbocycles. The Hall–Kier alpha value is -1.03. The number of rotatable bonds is 1. The Morgan fingerprint density at radius 3 is 2.48 bits per heavy atom. The molecule has 4 heteroatoms. The van der Waals surface area contributed by atoms with E-state index in [2.05, 4.69) is 22.4 Å². The van der Waals surface area contributed by atoms with Gasteiger partial charge in [0.2, 0.25) is 0 Å². The fourth-order valence-corrected chi connectivity index (χ4v) is 5.14. The third-order valence-corrected chi connectivity index (χ3v) is 6.49. The largest absolute Gasteiger partial charge is 0.375 e. The van der Waals surface area contributed by atoms with Gasteiger partial charge in [0.05, 0.1) is 5.60 Å². The maximum Gasteiger partial charge on any atom is 0.317 e. The van der Waals surface area contributed by atoms with E-state index in [1.165, 1.54) is 32.1 Å². The Balaban J connectivity index is 1.32. The highest BCUT2D eigenvalue weighted by Gasteiger charge is 2.40. The third kappa shape index (κ3) is 3.28. The molecule has 0 unspecified atom stereocenters. The highest BCUT2D eigenvalue weighted by molar-refractivity contribution is 5.75. The highest BCUT2D eigenvalue weighted by atomic mass is 16.5. The van der Waals surface area contributed by atoms with Gasteiger partial charge < -0.3 is 15.0 Å². The second kappa shape index (κ2) is 6.46. The summed E-state index contributed by atoms with van der Waals surface area (Å²) in [7, 11) is 0. The number of hydrogen-bond donors (Lipinski definition) is 1. The van der Waals surface area contributed by atoms with Gasteiger partial charge in [0.15, 0.2) is 0 Å². The molecule has 1 saturated carbocycles. The highest BCUT2D eigenvalue weighted by Crippen LogP contribution is 2.39. The van der Waals surface area contributed by atoms with E-state index in [1.54, 1.807) is 0 Å². The Bertz CT molecular complexity index is 448. The SMILES string of the molecule is O=C(N[C@H]1CCOC2(CCCCC2)C1)N1C[C@H]2CC=CC[C@H]2C1. The number of hydrogen-bond acceptors (Lipinski definition) is 2. The molecule has 3 fully saturated rings. The van der Waals surface area contributed by atoms with Gasteiger partial charge in [-0.05, 0) is 50.4 Å². The number of ether oxygens (including phenoxy) is 1. The lowest BCUT2D eigenvalue weighted by Gasteiger charge is -2.43. The summed E-state index contributed by atoms with van der Waals surface area (Å²) in [5.74, 6) is 1.37. The van der Waals surface area contributed by atoms with Gasteiger partial charge in [0.25, 0.3) is 0 Å². The first-order chi connectivity index (χ1) is 11.2. The number of amides is 2. The summed E-state index contributed by atoms with van der Waals surface area (Å²) in [6.07, 6.45) is 15.1. The predicted octanol–water partition coefficient (Wildman–Crippen LogP) is 3.48. The molecule has 2 aliphatic heterocycles. The number of carbonyl (C=O) groups is 1. The second-order valence-electron chi connectivity index (χ2n) is 8.10. The molecule has 2 saturated heterocycles. The molecule has 1 N–H and O–H groups in total. The Morgan fingerprint density at radius 2 is 1.78 bits per heavy atom. The lowest BCUT2D eigenvalue weighted by molar-refractivity contribution is -0.108. The minimum absolute atomic E-state index is 0.0668. The first-order valence-electron chi connectivity index (χ1n) is 9.58. The topological polar surface area (TPSA) is 41.6 Å². The number of carbonyl (C=O) groups excluding carboxylic acids is 1. The number of nitrogens with one attached hydrogen (secondary N) is 1. The van der Waals surface area contributed by atoms with E-state index in [9.17, 15) is 4.79 Å². The molecule has 0 bridgehead atoms. The molecule has 128 valence electrons. The van der Waals surface area contributed by atoms with E-state index in [1.807, 2.05) is 0 Å². The summed E-state index contributed by atoms with van der Waals surface area (Å²) in [5, 5.41) is 3.33. The second-order valence-corrected chi connectivity index (χ2v) is 8.10. The molecular weight excluding hydrogens is 288 g/mol. The van der Waals surface area contributed by atoms with Crippen molar-refractivity contribution in [3.63, 3.8) is 0 Å². The summed E-state index contributed by atoms with van der Waals surface area (Å²) in [5.41, 5.74) is 0.0668. The zero-order valence-corrected chi connectivity index (χ0v) is 14.1. The van der Waals surface area contributed by atoms with E-state index in [0.717, 1.165) is 45.4 Å². The average Bonchev–Trinajstić information content (AvgIpc) is 3.00. The normalized spacial score (nSPS) is 36.0. The van der Waals surface area contributed by atoms with Crippen LogP contribution < -0.4 is 5.32 Å². The van der Waals surface area contributed by atoms with Crippen LogP contribution in [0.2, 0.25) is 0 Å². The predicted molar refractivity (Wildman–Crippen MR) is 90.2 cm³/mol. The molecule has 4 aliphatic rings.